The fourth-order valence-electron chi connectivity index (χ4n) is 3.79. The fraction of sp³-hybridized carbons (Fsp3) is 0.722. The van der Waals surface area contributed by atoms with Crippen molar-refractivity contribution in [3.05, 3.63) is 18.3 Å². The Morgan fingerprint density at radius 2 is 1.76 bits per heavy atom. The van der Waals surface area contributed by atoms with Crippen LogP contribution in [0.4, 0.5) is 5.82 Å². The second-order valence-corrected chi connectivity index (χ2v) is 9.37. The predicted octanol–water partition coefficient (Wildman–Crippen LogP) is 2.18. The fourth-order valence-corrected chi connectivity index (χ4v) is 5.25. The molecule has 0 N–H and O–H groups in total. The molecule has 25 heavy (non-hydrogen) atoms. The first-order chi connectivity index (χ1) is 11.9. The Kier molecular flexibility index (Phi) is 5.65. The Morgan fingerprint density at radius 3 is 2.28 bits per heavy atom. The summed E-state index contributed by atoms with van der Waals surface area (Å²) in [4.78, 5) is 9.46. The van der Waals surface area contributed by atoms with Crippen molar-refractivity contribution in [2.45, 2.75) is 56.5 Å². The zero-order chi connectivity index (χ0) is 18.0. The van der Waals surface area contributed by atoms with E-state index < -0.39 is 10.0 Å². The van der Waals surface area contributed by atoms with Gasteiger partial charge in [-0.2, -0.15) is 4.31 Å². The standard InChI is InChI=1S/C18H30N4O2S/c1-15(2)21-12-8-16(9-13-21)20(3)18-7-6-17(14-19-18)25(23,24)22-10-4-5-11-22/h6-7,14-16H,4-5,8-13H2,1-3H3. The van der Waals surface area contributed by atoms with E-state index in [1.807, 2.05) is 6.07 Å². The molecule has 0 bridgehead atoms. The van der Waals surface area contributed by atoms with Crippen molar-refractivity contribution in [2.24, 2.45) is 0 Å². The van der Waals surface area contributed by atoms with Crippen LogP contribution in [0.25, 0.3) is 0 Å². The van der Waals surface area contributed by atoms with Crippen molar-refractivity contribution in [2.75, 3.05) is 38.1 Å². The molecule has 1 aromatic heterocycles. The molecular formula is C18H30N4O2S. The number of anilines is 1. The SMILES string of the molecule is CC(C)N1CCC(N(C)c2ccc(S(=O)(=O)N3CCCC3)cn2)CC1. The lowest BCUT2D eigenvalue weighted by molar-refractivity contribution is 0.171. The van der Waals surface area contributed by atoms with Crippen LogP contribution >= 0.6 is 0 Å². The minimum atomic E-state index is -3.38. The second-order valence-electron chi connectivity index (χ2n) is 7.44. The maximum atomic E-state index is 12.6. The van der Waals surface area contributed by atoms with Crippen LogP contribution in [0.1, 0.15) is 39.5 Å². The molecule has 2 aliphatic heterocycles. The third kappa shape index (κ3) is 3.99. The molecule has 0 spiro atoms. The van der Waals surface area contributed by atoms with Crippen molar-refractivity contribution >= 4 is 15.8 Å². The monoisotopic (exact) mass is 366 g/mol. The van der Waals surface area contributed by atoms with Crippen LogP contribution in [0.15, 0.2) is 23.2 Å². The number of rotatable bonds is 5. The molecule has 0 amide bonds. The molecule has 1 aromatic rings. The number of hydrogen-bond donors (Lipinski definition) is 0. The van der Waals surface area contributed by atoms with Gasteiger partial charge in [0.2, 0.25) is 10.0 Å². The lowest BCUT2D eigenvalue weighted by atomic mass is 10.0. The van der Waals surface area contributed by atoms with Crippen molar-refractivity contribution in [1.29, 1.82) is 0 Å². The molecule has 2 fully saturated rings. The highest BCUT2D eigenvalue weighted by Gasteiger charge is 2.28. The molecule has 2 aliphatic rings. The van der Waals surface area contributed by atoms with Crippen LogP contribution in [0.3, 0.4) is 0 Å². The smallest absolute Gasteiger partial charge is 0.244 e. The lowest BCUT2D eigenvalue weighted by Crippen LogP contribution is -2.45. The molecule has 0 atom stereocenters. The van der Waals surface area contributed by atoms with Gasteiger partial charge in [-0.15, -0.1) is 0 Å². The average molecular weight is 367 g/mol. The molecule has 0 radical (unpaired) electrons. The van der Waals surface area contributed by atoms with E-state index in [0.717, 1.165) is 44.6 Å². The Labute approximate surface area is 151 Å². The van der Waals surface area contributed by atoms with Gasteiger partial charge in [0.25, 0.3) is 0 Å². The van der Waals surface area contributed by atoms with E-state index in [1.54, 1.807) is 10.4 Å². The van der Waals surface area contributed by atoms with Gasteiger partial charge in [0, 0.05) is 51.5 Å². The van der Waals surface area contributed by atoms with Gasteiger partial charge in [-0.25, -0.2) is 13.4 Å². The highest BCUT2D eigenvalue weighted by atomic mass is 32.2. The summed E-state index contributed by atoms with van der Waals surface area (Å²) in [7, 11) is -1.32. The highest BCUT2D eigenvalue weighted by Crippen LogP contribution is 2.24. The molecular weight excluding hydrogens is 336 g/mol. The van der Waals surface area contributed by atoms with Gasteiger partial charge in [0.15, 0.2) is 0 Å². The highest BCUT2D eigenvalue weighted by molar-refractivity contribution is 7.89. The Bertz CT molecular complexity index is 661. The normalized spacial score (nSPS) is 21.1. The van der Waals surface area contributed by atoms with Crippen LogP contribution in [0, 0.1) is 0 Å². The maximum Gasteiger partial charge on any atom is 0.244 e. The van der Waals surface area contributed by atoms with Gasteiger partial charge in [-0.1, -0.05) is 0 Å². The molecule has 6 nitrogen and oxygen atoms in total. The van der Waals surface area contributed by atoms with Gasteiger partial charge in [0.05, 0.1) is 0 Å². The summed E-state index contributed by atoms with van der Waals surface area (Å²) < 4.78 is 26.7. The number of pyridine rings is 1. The number of likely N-dealkylation sites (tertiary alicyclic amines) is 1. The van der Waals surface area contributed by atoms with E-state index in [-0.39, 0.29) is 0 Å². The van der Waals surface area contributed by atoms with E-state index in [1.165, 1.54) is 6.20 Å². The van der Waals surface area contributed by atoms with Crippen molar-refractivity contribution < 1.29 is 8.42 Å². The van der Waals surface area contributed by atoms with Crippen LogP contribution in [-0.2, 0) is 10.0 Å². The quantitative estimate of drug-likeness (QED) is 0.799. The molecule has 140 valence electrons. The first-order valence-corrected chi connectivity index (χ1v) is 10.8. The first-order valence-electron chi connectivity index (χ1n) is 9.32. The number of hydrogen-bond acceptors (Lipinski definition) is 5. The summed E-state index contributed by atoms with van der Waals surface area (Å²) in [6, 6.07) is 4.61. The summed E-state index contributed by atoms with van der Waals surface area (Å²) in [6.07, 6.45) is 5.64. The number of nitrogens with zero attached hydrogens (tertiary/aromatic N) is 4. The van der Waals surface area contributed by atoms with E-state index >= 15 is 0 Å². The molecule has 0 saturated carbocycles. The van der Waals surface area contributed by atoms with Gasteiger partial charge < -0.3 is 9.80 Å². The summed E-state index contributed by atoms with van der Waals surface area (Å²) in [6.45, 7) is 7.94. The second kappa shape index (κ2) is 7.60. The van der Waals surface area contributed by atoms with Crippen molar-refractivity contribution in [3.63, 3.8) is 0 Å². The van der Waals surface area contributed by atoms with Crippen molar-refractivity contribution in [1.82, 2.24) is 14.2 Å². The topological polar surface area (TPSA) is 56.8 Å². The van der Waals surface area contributed by atoms with E-state index in [2.05, 4.69) is 35.7 Å². The zero-order valence-electron chi connectivity index (χ0n) is 15.6. The summed E-state index contributed by atoms with van der Waals surface area (Å²) in [5, 5.41) is 0. The summed E-state index contributed by atoms with van der Waals surface area (Å²) in [5.41, 5.74) is 0. The first kappa shape index (κ1) is 18.6. The molecule has 3 rings (SSSR count). The molecule has 0 aliphatic carbocycles. The molecule has 2 saturated heterocycles. The zero-order valence-corrected chi connectivity index (χ0v) is 16.4. The molecule has 0 aromatic carbocycles. The third-order valence-electron chi connectivity index (χ3n) is 5.56. The summed E-state index contributed by atoms with van der Waals surface area (Å²) in [5.74, 6) is 0.850. The lowest BCUT2D eigenvalue weighted by Gasteiger charge is -2.39. The minimum Gasteiger partial charge on any atom is -0.357 e. The van der Waals surface area contributed by atoms with Gasteiger partial charge in [0.1, 0.15) is 10.7 Å². The van der Waals surface area contributed by atoms with Crippen LogP contribution < -0.4 is 4.90 Å². The molecule has 3 heterocycles. The molecule has 7 heteroatoms. The minimum absolute atomic E-state index is 0.307. The van der Waals surface area contributed by atoms with Gasteiger partial charge in [-0.05, 0) is 51.7 Å². The Morgan fingerprint density at radius 1 is 1.12 bits per heavy atom. The number of piperidine rings is 1. The van der Waals surface area contributed by atoms with Crippen LogP contribution in [0.5, 0.6) is 0 Å². The van der Waals surface area contributed by atoms with Crippen LogP contribution in [-0.4, -0.2) is 67.9 Å². The predicted molar refractivity (Wildman–Crippen MR) is 100 cm³/mol. The van der Waals surface area contributed by atoms with Crippen LogP contribution in [0.2, 0.25) is 0 Å². The number of aromatic nitrogens is 1. The largest absolute Gasteiger partial charge is 0.357 e. The summed E-state index contributed by atoms with van der Waals surface area (Å²) >= 11 is 0. The maximum absolute atomic E-state index is 12.6. The Hall–Kier alpha value is -1.18. The Balaban J connectivity index is 1.66. The third-order valence-corrected chi connectivity index (χ3v) is 7.44. The average Bonchev–Trinajstić information content (AvgIpc) is 3.17. The van der Waals surface area contributed by atoms with E-state index in [4.69, 9.17) is 0 Å². The number of sulfonamides is 1. The van der Waals surface area contributed by atoms with E-state index in [9.17, 15) is 8.42 Å². The van der Waals surface area contributed by atoms with Gasteiger partial charge >= 0.3 is 0 Å². The molecule has 0 unspecified atom stereocenters. The van der Waals surface area contributed by atoms with Gasteiger partial charge in [-0.3, -0.25) is 0 Å². The van der Waals surface area contributed by atoms with E-state index in [0.29, 0.717) is 30.1 Å². The van der Waals surface area contributed by atoms with Crippen molar-refractivity contribution in [3.8, 4) is 0 Å².